The molecular formula is C9H3BrCl4S2. The van der Waals surface area contributed by atoms with Crippen molar-refractivity contribution in [3.8, 4) is 0 Å². The molecule has 86 valence electrons. The SMILES string of the molecule is Clc1cc(C(Cl)c2cc(Br)c(Cl)s2)c(Cl)s1. The lowest BCUT2D eigenvalue weighted by Gasteiger charge is -2.04. The number of halogens is 5. The summed E-state index contributed by atoms with van der Waals surface area (Å²) in [6, 6.07) is 3.68. The topological polar surface area (TPSA) is 0 Å². The van der Waals surface area contributed by atoms with Gasteiger partial charge in [0.1, 0.15) is 4.34 Å². The van der Waals surface area contributed by atoms with E-state index in [0.29, 0.717) is 13.0 Å². The van der Waals surface area contributed by atoms with Gasteiger partial charge in [-0.05, 0) is 28.1 Å². The Bertz CT molecular complexity index is 500. The summed E-state index contributed by atoms with van der Waals surface area (Å²) in [5, 5.41) is -0.315. The molecule has 0 radical (unpaired) electrons. The zero-order valence-electron chi connectivity index (χ0n) is 7.44. The van der Waals surface area contributed by atoms with E-state index in [0.717, 1.165) is 14.9 Å². The van der Waals surface area contributed by atoms with Crippen molar-refractivity contribution in [2.75, 3.05) is 0 Å². The van der Waals surface area contributed by atoms with Gasteiger partial charge in [0, 0.05) is 14.9 Å². The summed E-state index contributed by atoms with van der Waals surface area (Å²) in [6.45, 7) is 0. The molecule has 0 aliphatic carbocycles. The van der Waals surface area contributed by atoms with Crippen molar-refractivity contribution >= 4 is 85.0 Å². The fourth-order valence-corrected chi connectivity index (χ4v) is 4.92. The Morgan fingerprint density at radius 2 is 1.75 bits per heavy atom. The van der Waals surface area contributed by atoms with Gasteiger partial charge in [-0.1, -0.05) is 34.8 Å². The third kappa shape index (κ3) is 2.72. The molecule has 0 bridgehead atoms. The molecule has 1 atom stereocenters. The molecule has 2 aromatic heterocycles. The average molecular weight is 397 g/mol. The van der Waals surface area contributed by atoms with E-state index in [1.165, 1.54) is 22.7 Å². The van der Waals surface area contributed by atoms with Crippen LogP contribution in [0.25, 0.3) is 0 Å². The number of hydrogen-bond donors (Lipinski definition) is 0. The van der Waals surface area contributed by atoms with Crippen LogP contribution >= 0.6 is 85.0 Å². The summed E-state index contributed by atoms with van der Waals surface area (Å²) >= 11 is 30.3. The minimum Gasteiger partial charge on any atom is -0.125 e. The van der Waals surface area contributed by atoms with Gasteiger partial charge in [0.15, 0.2) is 0 Å². The number of alkyl halides is 1. The van der Waals surface area contributed by atoms with Crippen LogP contribution < -0.4 is 0 Å². The molecule has 0 aliphatic rings. The maximum absolute atomic E-state index is 6.33. The summed E-state index contributed by atoms with van der Waals surface area (Å²) in [7, 11) is 0. The Morgan fingerprint density at radius 1 is 1.06 bits per heavy atom. The van der Waals surface area contributed by atoms with Crippen molar-refractivity contribution in [3.05, 3.63) is 40.1 Å². The van der Waals surface area contributed by atoms with Crippen molar-refractivity contribution < 1.29 is 0 Å². The van der Waals surface area contributed by atoms with Crippen molar-refractivity contribution in [1.29, 1.82) is 0 Å². The largest absolute Gasteiger partial charge is 0.125 e. The van der Waals surface area contributed by atoms with E-state index in [1.54, 1.807) is 6.07 Å². The lowest BCUT2D eigenvalue weighted by atomic mass is 10.2. The predicted octanol–water partition coefficient (Wildman–Crippen LogP) is 6.86. The fourth-order valence-electron chi connectivity index (χ4n) is 1.17. The van der Waals surface area contributed by atoms with Crippen LogP contribution in [0.5, 0.6) is 0 Å². The molecule has 0 saturated carbocycles. The van der Waals surface area contributed by atoms with Crippen LogP contribution in [0.15, 0.2) is 16.6 Å². The fraction of sp³-hybridized carbons (Fsp3) is 0.111. The molecule has 0 saturated heterocycles. The molecule has 0 aromatic carbocycles. The Kier molecular flexibility index (Phi) is 4.51. The number of rotatable bonds is 2. The Hall–Kier alpha value is 1.04. The molecule has 1 unspecified atom stereocenters. The quantitative estimate of drug-likeness (QED) is 0.486. The molecule has 2 heterocycles. The van der Waals surface area contributed by atoms with Gasteiger partial charge in [-0.3, -0.25) is 0 Å². The van der Waals surface area contributed by atoms with Gasteiger partial charge in [0.2, 0.25) is 0 Å². The molecule has 2 aromatic rings. The van der Waals surface area contributed by atoms with Crippen molar-refractivity contribution in [2.45, 2.75) is 5.38 Å². The zero-order chi connectivity index (χ0) is 11.9. The first-order chi connectivity index (χ1) is 7.49. The first-order valence-electron chi connectivity index (χ1n) is 4.02. The number of hydrogen-bond acceptors (Lipinski definition) is 2. The van der Waals surface area contributed by atoms with Gasteiger partial charge >= 0.3 is 0 Å². The van der Waals surface area contributed by atoms with E-state index in [4.69, 9.17) is 46.4 Å². The Labute approximate surface area is 129 Å². The zero-order valence-corrected chi connectivity index (χ0v) is 13.7. The van der Waals surface area contributed by atoms with Gasteiger partial charge < -0.3 is 0 Å². The monoisotopic (exact) mass is 394 g/mol. The highest BCUT2D eigenvalue weighted by Gasteiger charge is 2.20. The Balaban J connectivity index is 2.38. The van der Waals surface area contributed by atoms with Gasteiger partial charge in [0.25, 0.3) is 0 Å². The predicted molar refractivity (Wildman–Crippen MR) is 79.1 cm³/mol. The Morgan fingerprint density at radius 3 is 2.19 bits per heavy atom. The van der Waals surface area contributed by atoms with Crippen molar-refractivity contribution in [3.63, 3.8) is 0 Å². The molecule has 0 amide bonds. The lowest BCUT2D eigenvalue weighted by molar-refractivity contribution is 1.20. The van der Waals surface area contributed by atoms with Crippen LogP contribution in [0.2, 0.25) is 13.0 Å². The smallest absolute Gasteiger partial charge is 0.107 e. The van der Waals surface area contributed by atoms with Gasteiger partial charge in [-0.15, -0.1) is 34.3 Å². The summed E-state index contributed by atoms with van der Waals surface area (Å²) in [5.74, 6) is 0. The first kappa shape index (κ1) is 13.5. The van der Waals surface area contributed by atoms with E-state index < -0.39 is 0 Å². The first-order valence-corrected chi connectivity index (χ1v) is 8.02. The second kappa shape index (κ2) is 5.35. The van der Waals surface area contributed by atoms with Crippen molar-refractivity contribution in [1.82, 2.24) is 0 Å². The van der Waals surface area contributed by atoms with Crippen molar-refractivity contribution in [2.24, 2.45) is 0 Å². The second-order valence-corrected chi connectivity index (χ2v) is 8.17. The summed E-state index contributed by atoms with van der Waals surface area (Å²) in [5.41, 5.74) is 0.823. The van der Waals surface area contributed by atoms with Crippen LogP contribution in [0, 0.1) is 0 Å². The van der Waals surface area contributed by atoms with Crippen LogP contribution in [0.4, 0.5) is 0 Å². The minimum absolute atomic E-state index is 0.315. The average Bonchev–Trinajstić information content (AvgIpc) is 2.70. The molecule has 0 N–H and O–H groups in total. The van der Waals surface area contributed by atoms with Crippen LogP contribution in [-0.2, 0) is 0 Å². The molecule has 0 aliphatic heterocycles. The summed E-state index contributed by atoms with van der Waals surface area (Å²) in [6.07, 6.45) is 0. The second-order valence-electron chi connectivity index (χ2n) is 2.91. The third-order valence-electron chi connectivity index (χ3n) is 1.87. The van der Waals surface area contributed by atoms with Crippen LogP contribution in [-0.4, -0.2) is 0 Å². The minimum atomic E-state index is -0.315. The lowest BCUT2D eigenvalue weighted by Crippen LogP contribution is -1.87. The summed E-state index contributed by atoms with van der Waals surface area (Å²) in [4.78, 5) is 0.940. The molecular weight excluding hydrogens is 394 g/mol. The van der Waals surface area contributed by atoms with Gasteiger partial charge in [-0.2, -0.15) is 0 Å². The number of thiophene rings is 2. The van der Waals surface area contributed by atoms with E-state index >= 15 is 0 Å². The van der Waals surface area contributed by atoms with E-state index in [-0.39, 0.29) is 5.38 Å². The summed E-state index contributed by atoms with van der Waals surface area (Å²) < 4.78 is 2.77. The van der Waals surface area contributed by atoms with E-state index in [2.05, 4.69) is 15.9 Å². The molecule has 0 spiro atoms. The molecule has 0 nitrogen and oxygen atoms in total. The van der Waals surface area contributed by atoms with Gasteiger partial charge in [0.05, 0.1) is 14.0 Å². The van der Waals surface area contributed by atoms with E-state index in [1.807, 2.05) is 6.07 Å². The van der Waals surface area contributed by atoms with Crippen LogP contribution in [0.1, 0.15) is 15.8 Å². The molecule has 0 fully saturated rings. The molecule has 2 rings (SSSR count). The highest BCUT2D eigenvalue weighted by atomic mass is 79.9. The van der Waals surface area contributed by atoms with Crippen LogP contribution in [0.3, 0.4) is 0 Å². The molecule has 7 heteroatoms. The van der Waals surface area contributed by atoms with E-state index in [9.17, 15) is 0 Å². The third-order valence-corrected chi connectivity index (χ3v) is 6.53. The normalized spacial score (nSPS) is 13.1. The maximum atomic E-state index is 6.33. The standard InChI is InChI=1S/C9H3BrCl4S2/c10-4-2-5(15-9(4)14)7(12)3-1-6(11)16-8(3)13/h1-2,7H. The maximum Gasteiger partial charge on any atom is 0.107 e. The molecule has 16 heavy (non-hydrogen) atoms. The van der Waals surface area contributed by atoms with Gasteiger partial charge in [-0.25, -0.2) is 0 Å². The highest BCUT2D eigenvalue weighted by Crippen LogP contribution is 2.45. The highest BCUT2D eigenvalue weighted by molar-refractivity contribution is 9.10.